The minimum Gasteiger partial charge on any atom is -0.375 e. The Balaban J connectivity index is 1.90. The van der Waals surface area contributed by atoms with Gasteiger partial charge in [0.1, 0.15) is 0 Å². The second-order valence-corrected chi connectivity index (χ2v) is 6.10. The third-order valence-electron chi connectivity index (χ3n) is 3.74. The molecule has 1 unspecified atom stereocenters. The van der Waals surface area contributed by atoms with E-state index in [0.717, 1.165) is 16.3 Å². The first-order valence-electron chi connectivity index (χ1n) is 6.78. The molecular weight excluding hydrogens is 291 g/mol. The van der Waals surface area contributed by atoms with Gasteiger partial charge in [-0.1, -0.05) is 35.3 Å². The Morgan fingerprint density at radius 2 is 1.85 bits per heavy atom. The molecule has 2 nitrogen and oxygen atoms in total. The van der Waals surface area contributed by atoms with Crippen molar-refractivity contribution in [3.05, 3.63) is 57.8 Å². The summed E-state index contributed by atoms with van der Waals surface area (Å²) in [6.45, 7) is 2.04. The van der Waals surface area contributed by atoms with Crippen LogP contribution in [0.1, 0.15) is 30.0 Å². The highest BCUT2D eigenvalue weighted by molar-refractivity contribution is 6.32. The third kappa shape index (κ3) is 2.92. The minimum absolute atomic E-state index is 0.271. The van der Waals surface area contributed by atoms with Crippen molar-refractivity contribution in [3.63, 3.8) is 0 Å². The summed E-state index contributed by atoms with van der Waals surface area (Å²) in [7, 11) is 0. The van der Waals surface area contributed by atoms with Crippen molar-refractivity contribution in [1.82, 2.24) is 4.98 Å². The highest BCUT2D eigenvalue weighted by atomic mass is 35.5. The van der Waals surface area contributed by atoms with Crippen LogP contribution >= 0.6 is 23.2 Å². The van der Waals surface area contributed by atoms with Gasteiger partial charge in [-0.3, -0.25) is 0 Å². The van der Waals surface area contributed by atoms with Gasteiger partial charge in [-0.15, -0.1) is 0 Å². The number of aromatic nitrogens is 1. The molecule has 1 fully saturated rings. The highest BCUT2D eigenvalue weighted by Gasteiger charge is 2.33. The van der Waals surface area contributed by atoms with Crippen LogP contribution < -0.4 is 5.32 Å². The molecule has 0 saturated heterocycles. The zero-order chi connectivity index (χ0) is 14.1. The molecular formula is C16H16Cl2N2. The number of halogens is 2. The monoisotopic (exact) mass is 306 g/mol. The Morgan fingerprint density at radius 1 is 1.15 bits per heavy atom. The largest absolute Gasteiger partial charge is 0.375 e. The number of anilines is 1. The summed E-state index contributed by atoms with van der Waals surface area (Å²) in [4.78, 5) is 4.16. The first kappa shape index (κ1) is 13.7. The number of hydrogen-bond donors (Lipinski definition) is 1. The number of benzene rings is 1. The summed E-state index contributed by atoms with van der Waals surface area (Å²) in [5, 5.41) is 4.87. The third-order valence-corrected chi connectivity index (χ3v) is 4.27. The van der Waals surface area contributed by atoms with Gasteiger partial charge in [0, 0.05) is 11.2 Å². The maximum Gasteiger partial charge on any atom is 0.152 e. The van der Waals surface area contributed by atoms with Crippen LogP contribution in [0.3, 0.4) is 0 Å². The lowest BCUT2D eigenvalue weighted by Crippen LogP contribution is -2.14. The van der Waals surface area contributed by atoms with E-state index in [2.05, 4.69) is 22.4 Å². The molecule has 1 saturated carbocycles. The number of hydrogen-bond acceptors (Lipinski definition) is 2. The van der Waals surface area contributed by atoms with Crippen LogP contribution in [-0.4, -0.2) is 4.98 Å². The van der Waals surface area contributed by atoms with Gasteiger partial charge in [0.15, 0.2) is 5.15 Å². The van der Waals surface area contributed by atoms with Crippen molar-refractivity contribution in [3.8, 4) is 0 Å². The predicted molar refractivity (Wildman–Crippen MR) is 84.5 cm³/mol. The zero-order valence-corrected chi connectivity index (χ0v) is 12.7. The molecule has 3 rings (SSSR count). The average Bonchev–Trinajstić information content (AvgIpc) is 3.24. The van der Waals surface area contributed by atoms with Gasteiger partial charge in [0.2, 0.25) is 0 Å². The molecule has 1 aromatic carbocycles. The molecule has 1 atom stereocenters. The molecule has 0 aliphatic heterocycles. The Hall–Kier alpha value is -1.25. The lowest BCUT2D eigenvalue weighted by molar-refractivity contribution is 0.678. The van der Waals surface area contributed by atoms with Crippen molar-refractivity contribution >= 4 is 28.9 Å². The fourth-order valence-corrected chi connectivity index (χ4v) is 2.81. The van der Waals surface area contributed by atoms with E-state index in [1.807, 2.05) is 25.1 Å². The van der Waals surface area contributed by atoms with Crippen LogP contribution in [-0.2, 0) is 0 Å². The van der Waals surface area contributed by atoms with Gasteiger partial charge in [0.25, 0.3) is 0 Å². The first-order valence-corrected chi connectivity index (χ1v) is 7.54. The molecule has 2 aromatic rings. The fraction of sp³-hybridized carbons (Fsp3) is 0.312. The number of pyridine rings is 1. The highest BCUT2D eigenvalue weighted by Crippen LogP contribution is 2.44. The van der Waals surface area contributed by atoms with E-state index in [0.29, 0.717) is 11.1 Å². The van der Waals surface area contributed by atoms with E-state index in [-0.39, 0.29) is 6.04 Å². The Labute approximate surface area is 129 Å². The van der Waals surface area contributed by atoms with Crippen molar-refractivity contribution in [2.75, 3.05) is 5.32 Å². The molecule has 0 radical (unpaired) electrons. The Kier molecular flexibility index (Phi) is 3.86. The molecule has 0 bridgehead atoms. The second kappa shape index (κ2) is 5.63. The van der Waals surface area contributed by atoms with E-state index in [1.54, 1.807) is 6.20 Å². The number of aryl methyl sites for hydroxylation is 1. The van der Waals surface area contributed by atoms with Crippen LogP contribution in [0.15, 0.2) is 36.5 Å². The van der Waals surface area contributed by atoms with Crippen molar-refractivity contribution in [1.29, 1.82) is 0 Å². The molecule has 20 heavy (non-hydrogen) atoms. The number of rotatable bonds is 4. The second-order valence-electron chi connectivity index (χ2n) is 5.30. The van der Waals surface area contributed by atoms with Crippen LogP contribution in [0.25, 0.3) is 0 Å². The Morgan fingerprint density at radius 3 is 2.45 bits per heavy atom. The summed E-state index contributed by atoms with van der Waals surface area (Å²) in [6.07, 6.45) is 4.23. The quantitative estimate of drug-likeness (QED) is 0.779. The van der Waals surface area contributed by atoms with Crippen molar-refractivity contribution in [2.24, 2.45) is 5.92 Å². The van der Waals surface area contributed by atoms with Gasteiger partial charge in [-0.2, -0.15) is 0 Å². The summed E-state index contributed by atoms with van der Waals surface area (Å²) in [5.74, 6) is 0.659. The summed E-state index contributed by atoms with van der Waals surface area (Å²) in [5.41, 5.74) is 3.29. The maximum atomic E-state index is 6.22. The van der Waals surface area contributed by atoms with E-state index in [4.69, 9.17) is 23.2 Å². The smallest absolute Gasteiger partial charge is 0.152 e. The van der Waals surface area contributed by atoms with Crippen molar-refractivity contribution < 1.29 is 0 Å². The molecule has 1 aliphatic rings. The molecule has 1 N–H and O–H groups in total. The van der Waals surface area contributed by atoms with Crippen LogP contribution in [0.4, 0.5) is 5.69 Å². The van der Waals surface area contributed by atoms with Crippen molar-refractivity contribution in [2.45, 2.75) is 25.8 Å². The zero-order valence-electron chi connectivity index (χ0n) is 11.2. The molecule has 1 aliphatic carbocycles. The van der Waals surface area contributed by atoms with E-state index in [9.17, 15) is 0 Å². The van der Waals surface area contributed by atoms with Crippen LogP contribution in [0.2, 0.25) is 10.2 Å². The number of nitrogens with zero attached hydrogens (tertiary/aromatic N) is 1. The summed E-state index contributed by atoms with van der Waals surface area (Å²) < 4.78 is 0. The molecule has 0 amide bonds. The summed E-state index contributed by atoms with van der Waals surface area (Å²) in [6, 6.07) is 10.3. The standard InChI is InChI=1S/C16H16Cl2N2/c1-10-8-9-19-16(18)14(10)20-15(11-2-3-11)12-4-6-13(17)7-5-12/h4-9,11,15,20H,2-3H2,1H3. The first-order chi connectivity index (χ1) is 9.65. The lowest BCUT2D eigenvalue weighted by Gasteiger charge is -2.22. The van der Waals surface area contributed by atoms with Crippen LogP contribution in [0.5, 0.6) is 0 Å². The molecule has 1 aromatic heterocycles. The van der Waals surface area contributed by atoms with Gasteiger partial charge in [-0.25, -0.2) is 4.98 Å². The SMILES string of the molecule is Cc1ccnc(Cl)c1NC(c1ccc(Cl)cc1)C1CC1. The lowest BCUT2D eigenvalue weighted by atomic mass is 10.0. The minimum atomic E-state index is 0.271. The Bertz CT molecular complexity index is 586. The van der Waals surface area contributed by atoms with Gasteiger partial charge >= 0.3 is 0 Å². The van der Waals surface area contributed by atoms with E-state index in [1.165, 1.54) is 18.4 Å². The number of nitrogens with one attached hydrogen (secondary N) is 1. The normalized spacial score (nSPS) is 15.9. The van der Waals surface area contributed by atoms with E-state index >= 15 is 0 Å². The van der Waals surface area contributed by atoms with Gasteiger partial charge in [-0.05, 0) is 55.0 Å². The average molecular weight is 307 g/mol. The topological polar surface area (TPSA) is 24.9 Å². The van der Waals surface area contributed by atoms with Crippen LogP contribution in [0, 0.1) is 12.8 Å². The fourth-order valence-electron chi connectivity index (χ4n) is 2.43. The summed E-state index contributed by atoms with van der Waals surface area (Å²) >= 11 is 12.2. The molecule has 0 spiro atoms. The predicted octanol–water partition coefficient (Wildman–Crippen LogP) is 5.26. The molecule has 4 heteroatoms. The van der Waals surface area contributed by atoms with E-state index < -0.39 is 0 Å². The van der Waals surface area contributed by atoms with Gasteiger partial charge < -0.3 is 5.32 Å². The maximum absolute atomic E-state index is 6.22. The molecule has 104 valence electrons. The van der Waals surface area contributed by atoms with Gasteiger partial charge in [0.05, 0.1) is 11.7 Å². The molecule has 1 heterocycles.